The van der Waals surface area contributed by atoms with Crippen LogP contribution in [0.25, 0.3) is 0 Å². The summed E-state index contributed by atoms with van der Waals surface area (Å²) in [5.74, 6) is -0.557. The van der Waals surface area contributed by atoms with Gasteiger partial charge in [0.05, 0.1) is 13.2 Å². The molecule has 0 bridgehead atoms. The van der Waals surface area contributed by atoms with Crippen molar-refractivity contribution in [2.75, 3.05) is 26.4 Å². The number of ether oxygens (including phenoxy) is 1. The van der Waals surface area contributed by atoms with Gasteiger partial charge in [-0.05, 0) is 83.5 Å². The number of nitrogens with one attached hydrogen (secondary N) is 1. The molecule has 0 aliphatic carbocycles. The van der Waals surface area contributed by atoms with Crippen LogP contribution < -0.4 is 5.32 Å². The van der Waals surface area contributed by atoms with Crippen LogP contribution in [0.2, 0.25) is 0 Å². The Morgan fingerprint density at radius 2 is 1.00 bits per heavy atom. The number of rotatable bonds is 41. The highest BCUT2D eigenvalue weighted by molar-refractivity contribution is 7.47. The van der Waals surface area contributed by atoms with E-state index in [2.05, 4.69) is 92.1 Å². The highest BCUT2D eigenvalue weighted by Gasteiger charge is 2.23. The van der Waals surface area contributed by atoms with Gasteiger partial charge in [0.2, 0.25) is 5.91 Å². The van der Waals surface area contributed by atoms with E-state index in [1.54, 1.807) is 0 Å². The molecule has 3 N–H and O–H groups in total. The van der Waals surface area contributed by atoms with Crippen LogP contribution in [0.3, 0.4) is 0 Å². The Balaban J connectivity index is 3.67. The first-order chi connectivity index (χ1) is 27.8. The largest absolute Gasteiger partial charge is 0.472 e. The van der Waals surface area contributed by atoms with E-state index >= 15 is 0 Å². The maximum Gasteiger partial charge on any atom is 0.472 e. The molecule has 0 aromatic heterocycles. The van der Waals surface area contributed by atoms with Crippen LogP contribution in [0.4, 0.5) is 0 Å². The molecule has 0 saturated carbocycles. The van der Waals surface area contributed by atoms with Gasteiger partial charge in [-0.2, -0.15) is 0 Å². The molecule has 1 amide bonds. The second kappa shape index (κ2) is 43.0. The summed E-state index contributed by atoms with van der Waals surface area (Å²) in [6.07, 6.45) is 52.6. The molecular formula is C47H82NO8P. The Labute approximate surface area is 348 Å². The Kier molecular flexibility index (Phi) is 41.1. The van der Waals surface area contributed by atoms with E-state index in [4.69, 9.17) is 13.8 Å². The molecule has 0 aromatic rings. The van der Waals surface area contributed by atoms with Crippen molar-refractivity contribution < 1.29 is 37.9 Å². The summed E-state index contributed by atoms with van der Waals surface area (Å²) in [6, 6.07) is 0. The van der Waals surface area contributed by atoms with Gasteiger partial charge < -0.3 is 20.1 Å². The van der Waals surface area contributed by atoms with Crippen LogP contribution in [0.15, 0.2) is 72.9 Å². The van der Waals surface area contributed by atoms with Crippen molar-refractivity contribution in [1.29, 1.82) is 0 Å². The molecule has 0 aromatic carbocycles. The fourth-order valence-corrected chi connectivity index (χ4v) is 6.51. The van der Waals surface area contributed by atoms with Crippen LogP contribution in [-0.4, -0.2) is 54.3 Å². The van der Waals surface area contributed by atoms with E-state index in [0.29, 0.717) is 6.42 Å². The predicted octanol–water partition coefficient (Wildman–Crippen LogP) is 12.7. The van der Waals surface area contributed by atoms with E-state index in [0.717, 1.165) is 89.9 Å². The number of aliphatic hydroxyl groups excluding tert-OH is 1. The number of amides is 1. The van der Waals surface area contributed by atoms with Crippen LogP contribution in [0.5, 0.6) is 0 Å². The van der Waals surface area contributed by atoms with Crippen molar-refractivity contribution in [2.24, 2.45) is 0 Å². The molecule has 0 fully saturated rings. The quantitative estimate of drug-likeness (QED) is 0.0240. The third-order valence-electron chi connectivity index (χ3n) is 9.12. The molecule has 10 heteroatoms. The first-order valence-corrected chi connectivity index (χ1v) is 23.9. The minimum Gasteiger partial charge on any atom is -0.463 e. The molecule has 0 radical (unpaired) electrons. The highest BCUT2D eigenvalue weighted by Crippen LogP contribution is 2.42. The van der Waals surface area contributed by atoms with E-state index in [1.165, 1.54) is 64.2 Å². The van der Waals surface area contributed by atoms with E-state index in [-0.39, 0.29) is 32.1 Å². The molecule has 0 heterocycles. The SMILES string of the molecule is CC/C=C\C/C=C\C/C=C\C/C=C\C/C=C\CCCCCC(=O)NCCOP(=O)(O)OCC(O)COC(=O)CCCCCCCCC/C=C\CCCCCCCC. The number of hydrogen-bond donors (Lipinski definition) is 3. The third kappa shape index (κ3) is 44.4. The average molecular weight is 820 g/mol. The number of carbonyl (C=O) groups excluding carboxylic acids is 2. The lowest BCUT2D eigenvalue weighted by Gasteiger charge is -2.15. The van der Waals surface area contributed by atoms with Gasteiger partial charge >= 0.3 is 13.8 Å². The smallest absolute Gasteiger partial charge is 0.463 e. The predicted molar refractivity (Wildman–Crippen MR) is 238 cm³/mol. The zero-order valence-electron chi connectivity index (χ0n) is 36.0. The second-order valence-corrected chi connectivity index (χ2v) is 16.1. The molecule has 2 unspecified atom stereocenters. The number of aliphatic hydroxyl groups is 1. The molecule has 9 nitrogen and oxygen atoms in total. The number of allylic oxidation sites excluding steroid dienone is 12. The van der Waals surface area contributed by atoms with Crippen LogP contribution >= 0.6 is 7.82 Å². The number of phosphoric acid groups is 1. The fraction of sp³-hybridized carbons (Fsp3) is 0.702. The minimum atomic E-state index is -4.43. The van der Waals surface area contributed by atoms with E-state index in [9.17, 15) is 24.2 Å². The number of carbonyl (C=O) groups is 2. The minimum absolute atomic E-state index is 0.0595. The van der Waals surface area contributed by atoms with Crippen molar-refractivity contribution in [3.63, 3.8) is 0 Å². The topological polar surface area (TPSA) is 131 Å². The molecule has 0 spiro atoms. The lowest BCUT2D eigenvalue weighted by molar-refractivity contribution is -0.147. The zero-order valence-corrected chi connectivity index (χ0v) is 36.9. The molecule has 0 aliphatic rings. The first kappa shape index (κ1) is 54.5. The monoisotopic (exact) mass is 820 g/mol. The summed E-state index contributed by atoms with van der Waals surface area (Å²) >= 11 is 0. The van der Waals surface area contributed by atoms with Gasteiger partial charge in [0.15, 0.2) is 0 Å². The van der Waals surface area contributed by atoms with Gasteiger partial charge in [-0.15, -0.1) is 0 Å². The third-order valence-corrected chi connectivity index (χ3v) is 10.1. The maximum absolute atomic E-state index is 12.1. The molecule has 0 rings (SSSR count). The lowest BCUT2D eigenvalue weighted by Crippen LogP contribution is -2.27. The first-order valence-electron chi connectivity index (χ1n) is 22.4. The van der Waals surface area contributed by atoms with Crippen molar-refractivity contribution in [1.82, 2.24) is 5.32 Å². The summed E-state index contributed by atoms with van der Waals surface area (Å²) in [6.45, 7) is 3.38. The van der Waals surface area contributed by atoms with Gasteiger partial charge in [-0.3, -0.25) is 18.6 Å². The Morgan fingerprint density at radius 1 is 0.561 bits per heavy atom. The molecule has 57 heavy (non-hydrogen) atoms. The second-order valence-electron chi connectivity index (χ2n) is 14.6. The Morgan fingerprint density at radius 3 is 1.54 bits per heavy atom. The van der Waals surface area contributed by atoms with Gasteiger partial charge in [0.1, 0.15) is 12.7 Å². The van der Waals surface area contributed by atoms with Crippen molar-refractivity contribution in [3.8, 4) is 0 Å². The van der Waals surface area contributed by atoms with Gasteiger partial charge in [-0.25, -0.2) is 4.57 Å². The zero-order chi connectivity index (χ0) is 41.8. The number of hydrogen-bond acceptors (Lipinski definition) is 7. The normalized spacial score (nSPS) is 14.0. The van der Waals surface area contributed by atoms with Crippen LogP contribution in [0, 0.1) is 0 Å². The molecule has 0 saturated heterocycles. The summed E-state index contributed by atoms with van der Waals surface area (Å²) in [5, 5.41) is 12.7. The average Bonchev–Trinajstić information content (AvgIpc) is 3.20. The van der Waals surface area contributed by atoms with Crippen LogP contribution in [0.1, 0.15) is 181 Å². The highest BCUT2D eigenvalue weighted by atomic mass is 31.2. The molecule has 328 valence electrons. The molecule has 0 aliphatic heterocycles. The summed E-state index contributed by atoms with van der Waals surface area (Å²) in [7, 11) is -4.43. The number of phosphoric ester groups is 1. The van der Waals surface area contributed by atoms with Gasteiger partial charge in [0, 0.05) is 19.4 Å². The van der Waals surface area contributed by atoms with Gasteiger partial charge in [0.25, 0.3) is 0 Å². The van der Waals surface area contributed by atoms with Crippen molar-refractivity contribution in [2.45, 2.75) is 187 Å². The Bertz CT molecular complexity index is 1160. The lowest BCUT2D eigenvalue weighted by atomic mass is 10.1. The summed E-state index contributed by atoms with van der Waals surface area (Å²) in [4.78, 5) is 33.9. The summed E-state index contributed by atoms with van der Waals surface area (Å²) in [5.41, 5.74) is 0. The van der Waals surface area contributed by atoms with Crippen molar-refractivity contribution in [3.05, 3.63) is 72.9 Å². The van der Waals surface area contributed by atoms with Gasteiger partial charge in [-0.1, -0.05) is 157 Å². The summed E-state index contributed by atoms with van der Waals surface area (Å²) < 4.78 is 26.9. The van der Waals surface area contributed by atoms with Crippen LogP contribution in [-0.2, 0) is 27.9 Å². The fourth-order valence-electron chi connectivity index (χ4n) is 5.75. The maximum atomic E-state index is 12.1. The number of unbranched alkanes of at least 4 members (excludes halogenated alkanes) is 16. The standard InChI is InChI=1S/C47H82NO8P/c1-3-5-7-9-11-13-15-17-19-21-22-24-25-27-29-31-33-35-37-39-46(50)48-41-42-55-57(52,53)56-44-45(49)43-54-47(51)40-38-36-34-32-30-28-26-23-20-18-16-14-12-10-8-6-4-2/h5,7,11,13,17-20,22,24,27,29,45,49H,3-4,6,8-10,12,14-16,21,23,25-26,28,30-44H2,1-2H3,(H,48,50)(H,52,53)/b7-5-,13-11-,19-17-,20-18-,24-22-,29-27-. The number of esters is 1. The van der Waals surface area contributed by atoms with Crippen molar-refractivity contribution >= 4 is 19.7 Å². The Hall–Kier alpha value is -2.55. The van der Waals surface area contributed by atoms with E-state index in [1.807, 2.05) is 0 Å². The van der Waals surface area contributed by atoms with E-state index < -0.39 is 26.5 Å². The molecule has 2 atom stereocenters. The molecular weight excluding hydrogens is 737 g/mol.